The van der Waals surface area contributed by atoms with Gasteiger partial charge in [0.2, 0.25) is 0 Å². The molecule has 2 aliphatic rings. The summed E-state index contributed by atoms with van der Waals surface area (Å²) >= 11 is 0. The van der Waals surface area contributed by atoms with E-state index in [0.717, 1.165) is 6.42 Å². The smallest absolute Gasteiger partial charge is 0.0270 e. The molecule has 0 heterocycles. The van der Waals surface area contributed by atoms with Gasteiger partial charge in [0.15, 0.2) is 0 Å². The van der Waals surface area contributed by atoms with Gasteiger partial charge in [-0.2, -0.15) is 0 Å². The summed E-state index contributed by atoms with van der Waals surface area (Å²) in [5.74, 6) is 0.720. The molecular weight excluding hydrogens is 396 g/mol. The molecule has 0 N–H and O–H groups in total. The van der Waals surface area contributed by atoms with Gasteiger partial charge in [-0.1, -0.05) is 115 Å². The van der Waals surface area contributed by atoms with Gasteiger partial charge in [0.25, 0.3) is 0 Å². The van der Waals surface area contributed by atoms with Gasteiger partial charge >= 0.3 is 0 Å². The quantitative estimate of drug-likeness (QED) is 0.307. The van der Waals surface area contributed by atoms with Gasteiger partial charge in [0, 0.05) is 11.8 Å². The Hall–Kier alpha value is -3.64. The SMILES string of the molecule is CC1=C(C)C(c2ccccc2)C(CC2c3ccccc3-c3ccccc32)=C1c1ccccc1. The molecule has 33 heavy (non-hydrogen) atoms. The van der Waals surface area contributed by atoms with Crippen LogP contribution in [-0.4, -0.2) is 0 Å². The highest BCUT2D eigenvalue weighted by molar-refractivity contribution is 5.88. The van der Waals surface area contributed by atoms with Gasteiger partial charge in [-0.3, -0.25) is 0 Å². The number of hydrogen-bond acceptors (Lipinski definition) is 0. The van der Waals surface area contributed by atoms with Crippen molar-refractivity contribution in [3.8, 4) is 11.1 Å². The second kappa shape index (κ2) is 8.05. The Morgan fingerprint density at radius 3 is 1.70 bits per heavy atom. The lowest BCUT2D eigenvalue weighted by Crippen LogP contribution is -2.07. The van der Waals surface area contributed by atoms with E-state index in [9.17, 15) is 0 Å². The molecule has 1 atom stereocenters. The molecule has 4 aromatic carbocycles. The van der Waals surface area contributed by atoms with Gasteiger partial charge in [0.05, 0.1) is 0 Å². The molecule has 4 aromatic rings. The third-order valence-corrected chi connectivity index (χ3v) is 7.65. The number of fused-ring (bicyclic) bond motifs is 3. The monoisotopic (exact) mass is 424 g/mol. The summed E-state index contributed by atoms with van der Waals surface area (Å²) in [7, 11) is 0. The van der Waals surface area contributed by atoms with Crippen molar-refractivity contribution < 1.29 is 0 Å². The average molecular weight is 425 g/mol. The van der Waals surface area contributed by atoms with Gasteiger partial charge < -0.3 is 0 Å². The molecular formula is C33H28. The largest absolute Gasteiger partial charge is 0.0622 e. The van der Waals surface area contributed by atoms with Crippen molar-refractivity contribution in [2.24, 2.45) is 0 Å². The second-order valence-corrected chi connectivity index (χ2v) is 9.35. The third kappa shape index (κ3) is 3.21. The Bertz CT molecular complexity index is 1340. The van der Waals surface area contributed by atoms with Crippen molar-refractivity contribution in [3.05, 3.63) is 148 Å². The van der Waals surface area contributed by atoms with E-state index in [4.69, 9.17) is 0 Å². The lowest BCUT2D eigenvalue weighted by Gasteiger charge is -2.23. The molecule has 0 radical (unpaired) electrons. The first-order valence-electron chi connectivity index (χ1n) is 11.9. The molecule has 0 fully saturated rings. The number of hydrogen-bond donors (Lipinski definition) is 0. The van der Waals surface area contributed by atoms with Crippen molar-refractivity contribution in [1.82, 2.24) is 0 Å². The van der Waals surface area contributed by atoms with Gasteiger partial charge in [-0.05, 0) is 70.4 Å². The minimum absolute atomic E-state index is 0.335. The fourth-order valence-electron chi connectivity index (χ4n) is 6.08. The summed E-state index contributed by atoms with van der Waals surface area (Å²) in [5, 5.41) is 0. The van der Waals surface area contributed by atoms with Crippen LogP contribution >= 0.6 is 0 Å². The topological polar surface area (TPSA) is 0 Å². The summed E-state index contributed by atoms with van der Waals surface area (Å²) in [6.07, 6.45) is 1.03. The summed E-state index contributed by atoms with van der Waals surface area (Å²) in [5.41, 5.74) is 14.4. The Morgan fingerprint density at radius 2 is 1.09 bits per heavy atom. The average Bonchev–Trinajstić information content (AvgIpc) is 3.32. The summed E-state index contributed by atoms with van der Waals surface area (Å²) in [4.78, 5) is 0. The zero-order valence-electron chi connectivity index (χ0n) is 19.3. The Kier molecular flexibility index (Phi) is 4.88. The van der Waals surface area contributed by atoms with E-state index in [1.807, 2.05) is 0 Å². The van der Waals surface area contributed by atoms with Crippen molar-refractivity contribution in [2.45, 2.75) is 32.1 Å². The normalized spacial score (nSPS) is 17.5. The molecule has 2 aliphatic carbocycles. The third-order valence-electron chi connectivity index (χ3n) is 7.65. The zero-order valence-corrected chi connectivity index (χ0v) is 19.3. The van der Waals surface area contributed by atoms with Gasteiger partial charge in [-0.15, -0.1) is 0 Å². The maximum Gasteiger partial charge on any atom is 0.0270 e. The molecule has 160 valence electrons. The predicted octanol–water partition coefficient (Wildman–Crippen LogP) is 8.78. The first-order chi connectivity index (χ1) is 16.2. The fraction of sp³-hybridized carbons (Fsp3) is 0.152. The molecule has 0 saturated carbocycles. The van der Waals surface area contributed by atoms with Crippen LogP contribution in [0.5, 0.6) is 0 Å². The summed E-state index contributed by atoms with van der Waals surface area (Å²) in [6, 6.07) is 40.0. The highest BCUT2D eigenvalue weighted by Gasteiger charge is 2.36. The first-order valence-corrected chi connectivity index (χ1v) is 11.9. The van der Waals surface area contributed by atoms with Crippen LogP contribution in [0.4, 0.5) is 0 Å². The Balaban J connectivity index is 1.55. The van der Waals surface area contributed by atoms with E-state index in [-0.39, 0.29) is 0 Å². The molecule has 0 aliphatic heterocycles. The number of benzene rings is 4. The van der Waals surface area contributed by atoms with Gasteiger partial charge in [-0.25, -0.2) is 0 Å². The Morgan fingerprint density at radius 1 is 0.576 bits per heavy atom. The standard InChI is InChI=1S/C33H28/c1-22-23(2)33(25-15-7-4-8-16-25)31(32(22)24-13-5-3-6-14-24)21-30-28-19-11-9-17-26(28)27-18-10-12-20-29(27)30/h3-20,30,32H,21H2,1-2H3. The van der Waals surface area contributed by atoms with Crippen molar-refractivity contribution in [1.29, 1.82) is 0 Å². The molecule has 0 amide bonds. The molecule has 1 unspecified atom stereocenters. The van der Waals surface area contributed by atoms with Crippen LogP contribution in [0.15, 0.2) is 126 Å². The van der Waals surface area contributed by atoms with Crippen molar-refractivity contribution in [2.75, 3.05) is 0 Å². The maximum absolute atomic E-state index is 2.34. The van der Waals surface area contributed by atoms with E-state index in [1.54, 1.807) is 5.57 Å². The van der Waals surface area contributed by atoms with Crippen LogP contribution in [0.25, 0.3) is 16.7 Å². The molecule has 6 rings (SSSR count). The lowest BCUT2D eigenvalue weighted by molar-refractivity contribution is 0.762. The summed E-state index contributed by atoms with van der Waals surface area (Å²) in [6.45, 7) is 4.65. The van der Waals surface area contributed by atoms with Crippen LogP contribution in [0.2, 0.25) is 0 Å². The summed E-state index contributed by atoms with van der Waals surface area (Å²) < 4.78 is 0. The van der Waals surface area contributed by atoms with Crippen LogP contribution in [0.1, 0.15) is 54.4 Å². The number of allylic oxidation sites excluding steroid dienone is 4. The minimum Gasteiger partial charge on any atom is -0.0622 e. The van der Waals surface area contributed by atoms with Gasteiger partial charge in [0.1, 0.15) is 0 Å². The molecule has 0 spiro atoms. The highest BCUT2D eigenvalue weighted by atomic mass is 14.4. The van der Waals surface area contributed by atoms with Crippen LogP contribution in [0, 0.1) is 0 Å². The van der Waals surface area contributed by atoms with E-state index in [0.29, 0.717) is 11.8 Å². The lowest BCUT2D eigenvalue weighted by atomic mass is 9.80. The van der Waals surface area contributed by atoms with Crippen molar-refractivity contribution in [3.63, 3.8) is 0 Å². The molecule has 0 saturated heterocycles. The predicted molar refractivity (Wildman–Crippen MR) is 139 cm³/mol. The van der Waals surface area contributed by atoms with Crippen LogP contribution in [-0.2, 0) is 0 Å². The molecule has 0 heteroatoms. The van der Waals surface area contributed by atoms with E-state index in [1.165, 1.54) is 50.1 Å². The molecule has 0 nitrogen and oxygen atoms in total. The van der Waals surface area contributed by atoms with Crippen LogP contribution < -0.4 is 0 Å². The van der Waals surface area contributed by atoms with E-state index in [2.05, 4.69) is 123 Å². The van der Waals surface area contributed by atoms with Crippen LogP contribution in [0.3, 0.4) is 0 Å². The highest BCUT2D eigenvalue weighted by Crippen LogP contribution is 2.54. The van der Waals surface area contributed by atoms with E-state index >= 15 is 0 Å². The minimum atomic E-state index is 0.335. The maximum atomic E-state index is 2.34. The zero-order chi connectivity index (χ0) is 22.4. The first kappa shape index (κ1) is 20.0. The Labute approximate surface area is 196 Å². The fourth-order valence-corrected chi connectivity index (χ4v) is 6.08. The van der Waals surface area contributed by atoms with Crippen molar-refractivity contribution >= 4 is 5.57 Å². The molecule has 0 aromatic heterocycles. The number of rotatable bonds is 4. The molecule has 0 bridgehead atoms. The second-order valence-electron chi connectivity index (χ2n) is 9.35. The van der Waals surface area contributed by atoms with E-state index < -0.39 is 0 Å².